The van der Waals surface area contributed by atoms with Gasteiger partial charge < -0.3 is 10.4 Å². The Hall–Kier alpha value is -2.60. The van der Waals surface area contributed by atoms with E-state index in [1.165, 1.54) is 4.31 Å². The van der Waals surface area contributed by atoms with Crippen molar-refractivity contribution in [2.45, 2.75) is 23.4 Å². The standard InChI is InChI=1S/C18H20F3N7O4S3/c1-10(25-15-14-13(23-9-24-15)11(8-33-14)18(19,20)21)7-27-2-4-28(5-3-27)35(31,32)12-6-22-16(34-12)26-17(29)30/h6,8-10H,2-5,7H2,1H3,(H,22,26)(H,29,30)(H,23,24,25)/t10-/m0/s1. The molecule has 1 atom stereocenters. The second-order valence-electron chi connectivity index (χ2n) is 7.71. The predicted molar refractivity (Wildman–Crippen MR) is 124 cm³/mol. The number of aromatic nitrogens is 3. The van der Waals surface area contributed by atoms with Crippen molar-refractivity contribution in [3.8, 4) is 0 Å². The van der Waals surface area contributed by atoms with Gasteiger partial charge in [-0.3, -0.25) is 10.2 Å². The van der Waals surface area contributed by atoms with Crippen LogP contribution in [0.25, 0.3) is 10.2 Å². The Labute approximate surface area is 205 Å². The van der Waals surface area contributed by atoms with Gasteiger partial charge in [0.15, 0.2) is 9.34 Å². The number of nitrogens with one attached hydrogen (secondary N) is 2. The van der Waals surface area contributed by atoms with Crippen molar-refractivity contribution < 1.29 is 31.5 Å². The number of piperazine rings is 1. The Bertz CT molecular complexity index is 1320. The Morgan fingerprint density at radius 1 is 1.23 bits per heavy atom. The van der Waals surface area contributed by atoms with Gasteiger partial charge in [0.1, 0.15) is 12.1 Å². The summed E-state index contributed by atoms with van der Waals surface area (Å²) in [6.45, 7) is 3.73. The highest BCUT2D eigenvalue weighted by atomic mass is 32.2. The van der Waals surface area contributed by atoms with Gasteiger partial charge in [-0.05, 0) is 6.92 Å². The van der Waals surface area contributed by atoms with Gasteiger partial charge >= 0.3 is 12.3 Å². The summed E-state index contributed by atoms with van der Waals surface area (Å²) in [7, 11) is -3.80. The van der Waals surface area contributed by atoms with E-state index in [9.17, 15) is 26.4 Å². The number of sulfonamides is 1. The molecule has 190 valence electrons. The molecule has 11 nitrogen and oxygen atoms in total. The van der Waals surface area contributed by atoms with Crippen LogP contribution >= 0.6 is 22.7 Å². The lowest BCUT2D eigenvalue weighted by atomic mass is 10.2. The molecule has 3 N–H and O–H groups in total. The van der Waals surface area contributed by atoms with E-state index in [0.717, 1.165) is 40.6 Å². The predicted octanol–water partition coefficient (Wildman–Crippen LogP) is 3.06. The molecule has 0 spiro atoms. The molecule has 1 saturated heterocycles. The fourth-order valence-corrected chi connectivity index (χ4v) is 7.21. The van der Waals surface area contributed by atoms with Gasteiger partial charge in [-0.25, -0.2) is 28.2 Å². The fraction of sp³-hybridized carbons (Fsp3) is 0.444. The van der Waals surface area contributed by atoms with Crippen LogP contribution in [0.4, 0.5) is 28.9 Å². The zero-order valence-electron chi connectivity index (χ0n) is 18.1. The summed E-state index contributed by atoms with van der Waals surface area (Å²) in [5.74, 6) is 0.320. The largest absolute Gasteiger partial charge is 0.465 e. The summed E-state index contributed by atoms with van der Waals surface area (Å²) in [5.41, 5.74) is -0.935. The number of hydrogen-bond acceptors (Lipinski definition) is 10. The van der Waals surface area contributed by atoms with Crippen molar-refractivity contribution in [1.82, 2.24) is 24.2 Å². The first-order valence-electron chi connectivity index (χ1n) is 10.2. The molecule has 17 heteroatoms. The average Bonchev–Trinajstić information content (AvgIpc) is 3.41. The highest BCUT2D eigenvalue weighted by Crippen LogP contribution is 2.39. The molecule has 3 aromatic rings. The highest BCUT2D eigenvalue weighted by molar-refractivity contribution is 7.91. The lowest BCUT2D eigenvalue weighted by molar-refractivity contribution is -0.136. The topological polar surface area (TPSA) is 141 Å². The normalized spacial score (nSPS) is 16.9. The second kappa shape index (κ2) is 9.81. The first-order valence-corrected chi connectivity index (χ1v) is 13.3. The monoisotopic (exact) mass is 551 g/mol. The first-order chi connectivity index (χ1) is 16.4. The maximum atomic E-state index is 13.2. The van der Waals surface area contributed by atoms with Gasteiger partial charge in [0.2, 0.25) is 0 Å². The number of carboxylic acid groups (broad SMARTS) is 1. The summed E-state index contributed by atoms with van der Waals surface area (Å²) < 4.78 is 66.8. The van der Waals surface area contributed by atoms with E-state index in [2.05, 4.69) is 20.3 Å². The van der Waals surface area contributed by atoms with E-state index in [1.807, 2.05) is 17.1 Å². The lowest BCUT2D eigenvalue weighted by Gasteiger charge is -2.35. The second-order valence-corrected chi connectivity index (χ2v) is 11.8. The molecule has 4 rings (SSSR count). The van der Waals surface area contributed by atoms with Crippen molar-refractivity contribution in [2.75, 3.05) is 43.4 Å². The summed E-state index contributed by atoms with van der Waals surface area (Å²) in [4.78, 5) is 24.4. The number of anilines is 2. The minimum absolute atomic E-state index is 0.0264. The number of fused-ring (bicyclic) bond motifs is 1. The Morgan fingerprint density at radius 2 is 1.94 bits per heavy atom. The van der Waals surface area contributed by atoms with Crippen LogP contribution in [0.1, 0.15) is 12.5 Å². The van der Waals surface area contributed by atoms with E-state index in [1.54, 1.807) is 0 Å². The number of thiophene rings is 1. The van der Waals surface area contributed by atoms with Crippen molar-refractivity contribution in [1.29, 1.82) is 0 Å². The Balaban J connectivity index is 1.35. The van der Waals surface area contributed by atoms with Crippen molar-refractivity contribution in [2.24, 2.45) is 0 Å². The molecule has 0 saturated carbocycles. The van der Waals surface area contributed by atoms with Gasteiger partial charge in [-0.2, -0.15) is 17.5 Å². The molecule has 1 amide bonds. The van der Waals surface area contributed by atoms with Crippen molar-refractivity contribution >= 4 is 60.0 Å². The molecule has 35 heavy (non-hydrogen) atoms. The average molecular weight is 552 g/mol. The minimum Gasteiger partial charge on any atom is -0.465 e. The fourth-order valence-electron chi connectivity index (χ4n) is 3.63. The summed E-state index contributed by atoms with van der Waals surface area (Å²) >= 11 is 1.67. The van der Waals surface area contributed by atoms with Crippen LogP contribution in [0.5, 0.6) is 0 Å². The highest BCUT2D eigenvalue weighted by Gasteiger charge is 2.35. The van der Waals surface area contributed by atoms with E-state index < -0.39 is 27.9 Å². The maximum Gasteiger partial charge on any atom is 0.419 e. The first kappa shape index (κ1) is 25.5. The van der Waals surface area contributed by atoms with Crippen LogP contribution in [-0.2, 0) is 16.2 Å². The molecule has 0 aliphatic carbocycles. The lowest BCUT2D eigenvalue weighted by Crippen LogP contribution is -2.50. The third-order valence-corrected chi connectivity index (χ3v) is 9.42. The molecular weight excluding hydrogens is 531 g/mol. The van der Waals surface area contributed by atoms with Crippen LogP contribution in [0.3, 0.4) is 0 Å². The number of nitrogens with zero attached hydrogens (tertiary/aromatic N) is 5. The zero-order chi connectivity index (χ0) is 25.4. The molecule has 1 fully saturated rings. The smallest absolute Gasteiger partial charge is 0.419 e. The summed E-state index contributed by atoms with van der Waals surface area (Å²) in [5, 5.41) is 14.9. The van der Waals surface area contributed by atoms with Crippen LogP contribution in [0.2, 0.25) is 0 Å². The Kier molecular flexibility index (Phi) is 7.14. The number of amides is 1. The van der Waals surface area contributed by atoms with Gasteiger partial charge in [0, 0.05) is 44.1 Å². The third-order valence-electron chi connectivity index (χ3n) is 5.20. The molecule has 1 aliphatic rings. The molecule has 0 bridgehead atoms. The van der Waals surface area contributed by atoms with Gasteiger partial charge in [-0.15, -0.1) is 11.3 Å². The number of rotatable bonds is 7. The molecule has 0 unspecified atom stereocenters. The molecule has 0 aromatic carbocycles. The van der Waals surface area contributed by atoms with Crippen molar-refractivity contribution in [3.63, 3.8) is 0 Å². The molecule has 4 heterocycles. The molecule has 1 aliphatic heterocycles. The number of alkyl halides is 3. The summed E-state index contributed by atoms with van der Waals surface area (Å²) in [6.07, 6.45) is -3.61. The minimum atomic E-state index is -4.50. The zero-order valence-corrected chi connectivity index (χ0v) is 20.6. The van der Waals surface area contributed by atoms with E-state index >= 15 is 0 Å². The van der Waals surface area contributed by atoms with Gasteiger partial charge in [0.25, 0.3) is 10.0 Å². The van der Waals surface area contributed by atoms with Crippen LogP contribution < -0.4 is 10.6 Å². The van der Waals surface area contributed by atoms with Crippen molar-refractivity contribution in [3.05, 3.63) is 23.5 Å². The molecule has 0 radical (unpaired) electrons. The molecule has 3 aromatic heterocycles. The third kappa shape index (κ3) is 5.64. The quantitative estimate of drug-likeness (QED) is 0.404. The van der Waals surface area contributed by atoms with Crippen LogP contribution in [0, 0.1) is 0 Å². The van der Waals surface area contributed by atoms with Gasteiger partial charge in [0.05, 0.1) is 22.0 Å². The number of carbonyl (C=O) groups is 1. The van der Waals surface area contributed by atoms with Crippen LogP contribution in [0.15, 0.2) is 22.1 Å². The van der Waals surface area contributed by atoms with Gasteiger partial charge in [-0.1, -0.05) is 11.3 Å². The molecular formula is C18H20F3N7O4S3. The van der Waals surface area contributed by atoms with E-state index in [4.69, 9.17) is 5.11 Å². The SMILES string of the molecule is C[C@@H](CN1CCN(S(=O)(=O)c2cnc(NC(=O)O)s2)CC1)Nc1ncnc2c(C(F)(F)F)csc12. The number of thiazole rings is 1. The Morgan fingerprint density at radius 3 is 2.60 bits per heavy atom. The van der Waals surface area contributed by atoms with Crippen LogP contribution in [-0.4, -0.2) is 82.5 Å². The van der Waals surface area contributed by atoms with E-state index in [-0.39, 0.29) is 34.0 Å². The maximum absolute atomic E-state index is 13.2. The summed E-state index contributed by atoms with van der Waals surface area (Å²) in [6, 6.07) is -0.182. The van der Waals surface area contributed by atoms with E-state index in [0.29, 0.717) is 30.2 Å². The number of halogens is 3. The number of hydrogen-bond donors (Lipinski definition) is 3.